The van der Waals surface area contributed by atoms with E-state index in [1.165, 1.54) is 0 Å². The van der Waals surface area contributed by atoms with Gasteiger partial charge in [0.1, 0.15) is 5.69 Å². The van der Waals surface area contributed by atoms with Crippen LogP contribution in [-0.4, -0.2) is 51.1 Å². The Balaban J connectivity index is 1.57. The van der Waals surface area contributed by atoms with Gasteiger partial charge in [0.25, 0.3) is 5.91 Å². The van der Waals surface area contributed by atoms with Crippen molar-refractivity contribution in [2.75, 3.05) is 19.6 Å². The number of piperidine rings is 1. The van der Waals surface area contributed by atoms with Crippen molar-refractivity contribution in [2.45, 2.75) is 52.0 Å². The quantitative estimate of drug-likeness (QED) is 0.789. The molecule has 0 aromatic carbocycles. The van der Waals surface area contributed by atoms with Crippen LogP contribution < -0.4 is 5.32 Å². The summed E-state index contributed by atoms with van der Waals surface area (Å²) in [5.74, 6) is 0.350. The number of thiazole rings is 1. The topological polar surface area (TPSA) is 80.1 Å². The number of hydrogen-bond donors (Lipinski definition) is 1. The van der Waals surface area contributed by atoms with Crippen molar-refractivity contribution in [3.63, 3.8) is 0 Å². The molecular weight excluding hydrogens is 362 g/mol. The molecule has 2 aromatic heterocycles. The van der Waals surface area contributed by atoms with Gasteiger partial charge in [0.15, 0.2) is 0 Å². The van der Waals surface area contributed by atoms with Crippen LogP contribution in [0.3, 0.4) is 0 Å². The zero-order valence-electron chi connectivity index (χ0n) is 16.0. The number of rotatable bonds is 7. The van der Waals surface area contributed by atoms with Crippen molar-refractivity contribution in [2.24, 2.45) is 0 Å². The Bertz CT molecular complexity index is 785. The fourth-order valence-electron chi connectivity index (χ4n) is 3.26. The van der Waals surface area contributed by atoms with E-state index < -0.39 is 0 Å². The van der Waals surface area contributed by atoms with Crippen LogP contribution in [0.5, 0.6) is 0 Å². The summed E-state index contributed by atoms with van der Waals surface area (Å²) < 4.78 is 1.78. The van der Waals surface area contributed by atoms with E-state index in [1.54, 1.807) is 22.1 Å². The van der Waals surface area contributed by atoms with Crippen LogP contribution in [0.2, 0.25) is 0 Å². The highest BCUT2D eigenvalue weighted by molar-refractivity contribution is 7.09. The lowest BCUT2D eigenvalue weighted by Gasteiger charge is -2.31. The molecule has 7 nitrogen and oxygen atoms in total. The molecule has 0 bridgehead atoms. The molecule has 1 fully saturated rings. The van der Waals surface area contributed by atoms with Crippen molar-refractivity contribution in [3.05, 3.63) is 34.0 Å². The van der Waals surface area contributed by atoms with Crippen molar-refractivity contribution in [1.29, 1.82) is 0 Å². The number of amides is 2. The molecule has 1 N–H and O–H groups in total. The predicted octanol–water partition coefficient (Wildman–Crippen LogP) is 2.45. The third-order valence-corrected chi connectivity index (χ3v) is 5.89. The molecule has 146 valence electrons. The van der Waals surface area contributed by atoms with Gasteiger partial charge < -0.3 is 10.2 Å². The number of hydrogen-bond acceptors (Lipinski definition) is 5. The monoisotopic (exact) mass is 389 g/mol. The van der Waals surface area contributed by atoms with Crippen molar-refractivity contribution in [3.8, 4) is 0 Å². The summed E-state index contributed by atoms with van der Waals surface area (Å²) in [6.45, 7) is 6.69. The molecule has 2 amide bonds. The van der Waals surface area contributed by atoms with Crippen LogP contribution in [0.4, 0.5) is 0 Å². The maximum Gasteiger partial charge on any atom is 0.274 e. The first-order valence-corrected chi connectivity index (χ1v) is 10.5. The number of nitrogens with one attached hydrogen (secondary N) is 1. The third-order valence-electron chi connectivity index (χ3n) is 4.84. The molecule has 1 atom stereocenters. The van der Waals surface area contributed by atoms with E-state index in [4.69, 9.17) is 4.98 Å². The summed E-state index contributed by atoms with van der Waals surface area (Å²) in [7, 11) is 0. The van der Waals surface area contributed by atoms with Crippen molar-refractivity contribution >= 4 is 23.2 Å². The van der Waals surface area contributed by atoms with Gasteiger partial charge in [-0.1, -0.05) is 6.92 Å². The Morgan fingerprint density at radius 3 is 2.96 bits per heavy atom. The van der Waals surface area contributed by atoms with Crippen molar-refractivity contribution < 1.29 is 9.59 Å². The van der Waals surface area contributed by atoms with Gasteiger partial charge in [-0.15, -0.1) is 11.3 Å². The number of nitrogens with zero attached hydrogens (tertiary/aromatic N) is 4. The maximum atomic E-state index is 12.7. The van der Waals surface area contributed by atoms with Gasteiger partial charge in [0.05, 0.1) is 10.7 Å². The van der Waals surface area contributed by atoms with Crippen LogP contribution in [0.15, 0.2) is 17.6 Å². The van der Waals surface area contributed by atoms with Gasteiger partial charge in [-0.05, 0) is 25.8 Å². The first kappa shape index (κ1) is 19.5. The van der Waals surface area contributed by atoms with Crippen LogP contribution in [0.1, 0.15) is 60.2 Å². The molecule has 27 heavy (non-hydrogen) atoms. The minimum absolute atomic E-state index is 0.00552. The molecule has 8 heteroatoms. The Kier molecular flexibility index (Phi) is 6.60. The summed E-state index contributed by atoms with van der Waals surface area (Å²) >= 11 is 1.66. The molecule has 1 saturated heterocycles. The van der Waals surface area contributed by atoms with Crippen LogP contribution in [0.25, 0.3) is 0 Å². The number of aromatic nitrogens is 3. The van der Waals surface area contributed by atoms with Gasteiger partial charge in [0, 0.05) is 56.5 Å². The maximum absolute atomic E-state index is 12.7. The second kappa shape index (κ2) is 9.12. The molecule has 0 saturated carbocycles. The van der Waals surface area contributed by atoms with Crippen molar-refractivity contribution in [1.82, 2.24) is 25.0 Å². The van der Waals surface area contributed by atoms with Crippen LogP contribution in [0, 0.1) is 0 Å². The average molecular weight is 390 g/mol. The van der Waals surface area contributed by atoms with Gasteiger partial charge in [-0.3, -0.25) is 14.3 Å². The zero-order valence-corrected chi connectivity index (χ0v) is 16.8. The van der Waals surface area contributed by atoms with Crippen LogP contribution >= 0.6 is 11.3 Å². The highest BCUT2D eigenvalue weighted by Crippen LogP contribution is 2.30. The molecule has 1 aliphatic rings. The molecule has 0 unspecified atom stereocenters. The standard InChI is InChI=1S/C19H27N5O2S/c1-3-17(25)20-9-7-15-13-27-18(21-15)14-6-5-10-23(12-14)19(26)16-8-11-24(4-2)22-16/h8,11,13-14H,3-7,9-10,12H2,1-2H3,(H,20,25)/t14-/m0/s1. The lowest BCUT2D eigenvalue weighted by Crippen LogP contribution is -2.39. The van der Waals surface area contributed by atoms with Gasteiger partial charge in [0.2, 0.25) is 5.91 Å². The molecule has 1 aliphatic heterocycles. The summed E-state index contributed by atoms with van der Waals surface area (Å²) in [5, 5.41) is 10.4. The molecule has 2 aromatic rings. The fourth-order valence-corrected chi connectivity index (χ4v) is 4.24. The first-order valence-electron chi connectivity index (χ1n) is 9.64. The number of carbonyl (C=O) groups is 2. The lowest BCUT2D eigenvalue weighted by molar-refractivity contribution is -0.120. The zero-order chi connectivity index (χ0) is 19.2. The second-order valence-corrected chi connectivity index (χ2v) is 7.67. The Morgan fingerprint density at radius 1 is 1.37 bits per heavy atom. The summed E-state index contributed by atoms with van der Waals surface area (Å²) in [6, 6.07) is 1.79. The predicted molar refractivity (Wildman–Crippen MR) is 105 cm³/mol. The highest BCUT2D eigenvalue weighted by Gasteiger charge is 2.28. The van der Waals surface area contributed by atoms with E-state index in [1.807, 2.05) is 24.9 Å². The summed E-state index contributed by atoms with van der Waals surface area (Å²) in [5.41, 5.74) is 1.53. The molecule has 0 aliphatic carbocycles. The average Bonchev–Trinajstić information content (AvgIpc) is 3.37. The normalized spacial score (nSPS) is 17.1. The van der Waals surface area contributed by atoms with E-state index in [2.05, 4.69) is 15.8 Å². The van der Waals surface area contributed by atoms with E-state index in [0.717, 1.165) is 43.1 Å². The Labute approximate surface area is 163 Å². The molecule has 3 heterocycles. The second-order valence-electron chi connectivity index (χ2n) is 6.78. The van der Waals surface area contributed by atoms with E-state index in [9.17, 15) is 9.59 Å². The van der Waals surface area contributed by atoms with E-state index >= 15 is 0 Å². The smallest absolute Gasteiger partial charge is 0.274 e. The van der Waals surface area contributed by atoms with E-state index in [-0.39, 0.29) is 17.7 Å². The van der Waals surface area contributed by atoms with Gasteiger partial charge in [-0.25, -0.2) is 4.98 Å². The van der Waals surface area contributed by atoms with Gasteiger partial charge >= 0.3 is 0 Å². The summed E-state index contributed by atoms with van der Waals surface area (Å²) in [6.07, 6.45) is 5.12. The first-order chi connectivity index (χ1) is 13.1. The third kappa shape index (κ3) is 4.94. The van der Waals surface area contributed by atoms with Gasteiger partial charge in [-0.2, -0.15) is 5.10 Å². The van der Waals surface area contributed by atoms with Crippen LogP contribution in [-0.2, 0) is 17.8 Å². The summed E-state index contributed by atoms with van der Waals surface area (Å²) in [4.78, 5) is 30.7. The SMILES string of the molecule is CCC(=O)NCCc1csc([C@H]2CCCN(C(=O)c3ccn(CC)n3)C2)n1. The minimum atomic E-state index is 0.00552. The lowest BCUT2D eigenvalue weighted by atomic mass is 9.98. The molecular formula is C19H27N5O2S. The number of aryl methyl sites for hydroxylation is 1. The molecule has 0 radical (unpaired) electrons. The Morgan fingerprint density at radius 2 is 2.22 bits per heavy atom. The number of likely N-dealkylation sites (tertiary alicyclic amines) is 1. The highest BCUT2D eigenvalue weighted by atomic mass is 32.1. The largest absolute Gasteiger partial charge is 0.356 e. The number of carbonyl (C=O) groups excluding carboxylic acids is 2. The molecule has 3 rings (SSSR count). The minimum Gasteiger partial charge on any atom is -0.356 e. The van der Waals surface area contributed by atoms with E-state index in [0.29, 0.717) is 25.2 Å². The Hall–Kier alpha value is -2.22. The molecule has 0 spiro atoms. The fraction of sp³-hybridized carbons (Fsp3) is 0.579.